The van der Waals surface area contributed by atoms with Crippen molar-refractivity contribution < 1.29 is 14.7 Å². The summed E-state index contributed by atoms with van der Waals surface area (Å²) in [7, 11) is 0. The van der Waals surface area contributed by atoms with E-state index in [9.17, 15) is 9.59 Å². The van der Waals surface area contributed by atoms with Gasteiger partial charge in [0.1, 0.15) is 5.82 Å². The van der Waals surface area contributed by atoms with Crippen LogP contribution < -0.4 is 5.32 Å². The van der Waals surface area contributed by atoms with E-state index in [1.54, 1.807) is 20.8 Å². The minimum atomic E-state index is -0.927. The van der Waals surface area contributed by atoms with Gasteiger partial charge in [0, 0.05) is 11.5 Å². The van der Waals surface area contributed by atoms with Gasteiger partial charge in [-0.1, -0.05) is 13.8 Å². The van der Waals surface area contributed by atoms with Crippen LogP contribution in [0.5, 0.6) is 0 Å². The molecule has 2 unspecified atom stereocenters. The molecule has 2 N–H and O–H groups in total. The minimum Gasteiger partial charge on any atom is -0.481 e. The van der Waals surface area contributed by atoms with Gasteiger partial charge in [-0.15, -0.1) is 0 Å². The average Bonchev–Trinajstić information content (AvgIpc) is 2.54. The molecule has 1 aliphatic carbocycles. The highest BCUT2D eigenvalue weighted by atomic mass is 32.1. The second-order valence-corrected chi connectivity index (χ2v) is 5.50. The Morgan fingerprint density at radius 1 is 1.41 bits per heavy atom. The first-order valence-corrected chi connectivity index (χ1v) is 5.95. The van der Waals surface area contributed by atoms with Crippen LogP contribution in [0.25, 0.3) is 0 Å². The van der Waals surface area contributed by atoms with Crippen molar-refractivity contribution in [1.82, 2.24) is 9.36 Å². The van der Waals surface area contributed by atoms with Gasteiger partial charge in [0.2, 0.25) is 11.0 Å². The molecule has 2 atom stereocenters. The van der Waals surface area contributed by atoms with Crippen LogP contribution in [-0.2, 0) is 9.59 Å². The zero-order chi connectivity index (χ0) is 12.8. The number of nitrogens with zero attached hydrogens (tertiary/aromatic N) is 2. The van der Waals surface area contributed by atoms with Crippen molar-refractivity contribution >= 4 is 28.5 Å². The normalized spacial score (nSPS) is 25.4. The Bertz CT molecular complexity index is 483. The molecule has 2 rings (SSSR count). The van der Waals surface area contributed by atoms with Gasteiger partial charge in [0.05, 0.1) is 11.8 Å². The van der Waals surface area contributed by atoms with Gasteiger partial charge in [-0.25, -0.2) is 4.98 Å². The first-order valence-electron chi connectivity index (χ1n) is 5.18. The molecule has 17 heavy (non-hydrogen) atoms. The number of hydrogen-bond donors (Lipinski definition) is 2. The average molecular weight is 255 g/mol. The number of carbonyl (C=O) groups is 2. The third-order valence-corrected chi connectivity index (χ3v) is 3.86. The van der Waals surface area contributed by atoms with E-state index in [0.29, 0.717) is 11.0 Å². The summed E-state index contributed by atoms with van der Waals surface area (Å²) in [6, 6.07) is 0. The molecular weight excluding hydrogens is 242 g/mol. The lowest BCUT2D eigenvalue weighted by atomic mass is 10.1. The molecule has 0 aliphatic heterocycles. The van der Waals surface area contributed by atoms with Gasteiger partial charge in [-0.2, -0.15) is 4.37 Å². The molecule has 92 valence electrons. The van der Waals surface area contributed by atoms with E-state index in [-0.39, 0.29) is 5.91 Å². The maximum Gasteiger partial charge on any atom is 0.307 e. The fourth-order valence-corrected chi connectivity index (χ4v) is 2.70. The number of rotatable bonds is 3. The summed E-state index contributed by atoms with van der Waals surface area (Å²) in [4.78, 5) is 26.8. The van der Waals surface area contributed by atoms with Gasteiger partial charge < -0.3 is 10.4 Å². The van der Waals surface area contributed by atoms with Crippen LogP contribution in [0.4, 0.5) is 5.13 Å². The summed E-state index contributed by atoms with van der Waals surface area (Å²) in [5.41, 5.74) is -0.490. The molecule has 1 saturated carbocycles. The van der Waals surface area contributed by atoms with Crippen molar-refractivity contribution in [3.8, 4) is 0 Å². The van der Waals surface area contributed by atoms with E-state index in [1.807, 2.05) is 0 Å². The topological polar surface area (TPSA) is 92.2 Å². The van der Waals surface area contributed by atoms with E-state index in [0.717, 1.165) is 11.5 Å². The lowest BCUT2D eigenvalue weighted by Gasteiger charge is -2.01. The van der Waals surface area contributed by atoms with Crippen molar-refractivity contribution in [2.24, 2.45) is 17.3 Å². The summed E-state index contributed by atoms with van der Waals surface area (Å²) in [5.74, 6) is -1.74. The number of aryl methyl sites for hydroxylation is 1. The minimum absolute atomic E-state index is 0.293. The Labute approximate surface area is 102 Å². The third-order valence-electron chi connectivity index (χ3n) is 3.13. The van der Waals surface area contributed by atoms with Crippen LogP contribution >= 0.6 is 11.5 Å². The highest BCUT2D eigenvalue weighted by Gasteiger charge is 2.65. The zero-order valence-corrected chi connectivity index (χ0v) is 10.5. The van der Waals surface area contributed by atoms with Crippen LogP contribution in [0, 0.1) is 24.2 Å². The van der Waals surface area contributed by atoms with Crippen LogP contribution in [0.2, 0.25) is 0 Å². The summed E-state index contributed by atoms with van der Waals surface area (Å²) in [6.45, 7) is 5.29. The van der Waals surface area contributed by atoms with Crippen molar-refractivity contribution in [3.63, 3.8) is 0 Å². The molecule has 0 aromatic carbocycles. The standard InChI is InChI=1S/C10H13N3O3S/c1-4-11-9(17-13-4)12-7(14)5-6(8(15)16)10(5,2)3/h5-6H,1-3H3,(H,15,16)(H,11,12,13,14). The SMILES string of the molecule is Cc1nsc(NC(=O)C2C(C(=O)O)C2(C)C)n1. The summed E-state index contributed by atoms with van der Waals surface area (Å²) >= 11 is 1.09. The molecule has 6 nitrogen and oxygen atoms in total. The Hall–Kier alpha value is -1.50. The van der Waals surface area contributed by atoms with Crippen LogP contribution in [0.3, 0.4) is 0 Å². The van der Waals surface area contributed by atoms with E-state index in [2.05, 4.69) is 14.7 Å². The molecule has 1 fully saturated rings. The van der Waals surface area contributed by atoms with E-state index in [4.69, 9.17) is 5.11 Å². The first kappa shape index (κ1) is 12.0. The molecule has 1 aromatic heterocycles. The second-order valence-electron chi connectivity index (χ2n) is 4.75. The highest BCUT2D eigenvalue weighted by Crippen LogP contribution is 2.58. The molecule has 1 amide bonds. The summed E-state index contributed by atoms with van der Waals surface area (Å²) in [6.07, 6.45) is 0. The van der Waals surface area contributed by atoms with Gasteiger partial charge >= 0.3 is 5.97 Å². The van der Waals surface area contributed by atoms with Crippen LogP contribution in [-0.4, -0.2) is 26.3 Å². The predicted octanol–water partition coefficient (Wildman–Crippen LogP) is 1.14. The quantitative estimate of drug-likeness (QED) is 0.845. The van der Waals surface area contributed by atoms with Crippen LogP contribution in [0.1, 0.15) is 19.7 Å². The number of carboxylic acids is 1. The molecule has 7 heteroatoms. The number of carboxylic acid groups (broad SMARTS) is 1. The Morgan fingerprint density at radius 2 is 2.06 bits per heavy atom. The van der Waals surface area contributed by atoms with Gasteiger partial charge in [-0.05, 0) is 12.3 Å². The maximum atomic E-state index is 11.9. The smallest absolute Gasteiger partial charge is 0.307 e. The number of aliphatic carboxylic acids is 1. The number of hydrogen-bond acceptors (Lipinski definition) is 5. The van der Waals surface area contributed by atoms with Gasteiger partial charge in [0.15, 0.2) is 0 Å². The number of carbonyl (C=O) groups excluding carboxylic acids is 1. The monoisotopic (exact) mass is 255 g/mol. The van der Waals surface area contributed by atoms with E-state index in [1.165, 1.54) is 0 Å². The summed E-state index contributed by atoms with van der Waals surface area (Å²) in [5, 5.41) is 12.0. The highest BCUT2D eigenvalue weighted by molar-refractivity contribution is 7.09. The van der Waals surface area contributed by atoms with Crippen LogP contribution in [0.15, 0.2) is 0 Å². The van der Waals surface area contributed by atoms with Gasteiger partial charge in [-0.3, -0.25) is 9.59 Å². The van der Waals surface area contributed by atoms with Crippen molar-refractivity contribution in [3.05, 3.63) is 5.82 Å². The molecule has 0 bridgehead atoms. The lowest BCUT2D eigenvalue weighted by Crippen LogP contribution is -2.17. The molecular formula is C10H13N3O3S. The van der Waals surface area contributed by atoms with Crippen molar-refractivity contribution in [2.45, 2.75) is 20.8 Å². The largest absolute Gasteiger partial charge is 0.481 e. The Kier molecular flexibility index (Phi) is 2.65. The number of amides is 1. The molecule has 0 radical (unpaired) electrons. The maximum absolute atomic E-state index is 11.9. The fourth-order valence-electron chi connectivity index (χ4n) is 2.12. The second kappa shape index (κ2) is 3.76. The van der Waals surface area contributed by atoms with Crippen molar-refractivity contribution in [2.75, 3.05) is 5.32 Å². The third kappa shape index (κ3) is 2.02. The first-order chi connectivity index (χ1) is 7.84. The number of nitrogens with one attached hydrogen (secondary N) is 1. The predicted molar refractivity (Wildman–Crippen MR) is 61.7 cm³/mol. The Morgan fingerprint density at radius 3 is 2.47 bits per heavy atom. The lowest BCUT2D eigenvalue weighted by molar-refractivity contribution is -0.140. The van der Waals surface area contributed by atoms with Crippen molar-refractivity contribution in [1.29, 1.82) is 0 Å². The fraction of sp³-hybridized carbons (Fsp3) is 0.600. The van der Waals surface area contributed by atoms with Gasteiger partial charge in [0.25, 0.3) is 0 Å². The number of aromatic nitrogens is 2. The molecule has 0 saturated heterocycles. The summed E-state index contributed by atoms with van der Waals surface area (Å²) < 4.78 is 3.94. The van der Waals surface area contributed by atoms with E-state index < -0.39 is 23.2 Å². The number of anilines is 1. The molecule has 1 aromatic rings. The zero-order valence-electron chi connectivity index (χ0n) is 9.72. The molecule has 1 aliphatic rings. The molecule has 1 heterocycles. The Balaban J connectivity index is 2.05. The van der Waals surface area contributed by atoms with E-state index >= 15 is 0 Å². The molecule has 0 spiro atoms.